The molecule has 1 heterocycles. The second kappa shape index (κ2) is 10.7. The van der Waals surface area contributed by atoms with Crippen LogP contribution in [0.15, 0.2) is 66.2 Å². The van der Waals surface area contributed by atoms with Crippen LogP contribution in [0.25, 0.3) is 5.76 Å². The Labute approximate surface area is 215 Å². The van der Waals surface area contributed by atoms with E-state index >= 15 is 0 Å². The third-order valence-corrected chi connectivity index (χ3v) is 6.28. The Hall–Kier alpha value is -4.46. The largest absolute Gasteiger partial charge is 0.507 e. The summed E-state index contributed by atoms with van der Waals surface area (Å²) < 4.78 is 16.4. The van der Waals surface area contributed by atoms with E-state index < -0.39 is 17.7 Å². The van der Waals surface area contributed by atoms with E-state index in [0.29, 0.717) is 34.8 Å². The number of Topliss-reactive ketones (excluding diaryl/α,β-unsaturated/α-hetero) is 1. The van der Waals surface area contributed by atoms with Crippen molar-refractivity contribution in [2.45, 2.75) is 26.4 Å². The third-order valence-electron chi connectivity index (χ3n) is 6.28. The molecule has 1 atom stereocenters. The molecule has 0 spiro atoms. The monoisotopic (exact) mass is 503 g/mol. The van der Waals surface area contributed by atoms with E-state index in [4.69, 9.17) is 14.2 Å². The number of methoxy groups -OCH3 is 2. The maximum atomic E-state index is 13.5. The number of ether oxygens (including phenoxy) is 3. The maximum absolute atomic E-state index is 13.5. The van der Waals surface area contributed by atoms with Gasteiger partial charge in [-0.05, 0) is 49.7 Å². The van der Waals surface area contributed by atoms with Crippen molar-refractivity contribution in [3.8, 4) is 23.0 Å². The lowest BCUT2D eigenvalue weighted by atomic mass is 9.94. The molecule has 3 aromatic rings. The molecule has 0 aliphatic carbocycles. The number of para-hydroxylation sites is 1. The average molecular weight is 504 g/mol. The Balaban J connectivity index is 1.94. The van der Waals surface area contributed by atoms with E-state index in [0.717, 1.165) is 5.56 Å². The summed E-state index contributed by atoms with van der Waals surface area (Å²) in [6, 6.07) is 16.1. The van der Waals surface area contributed by atoms with Crippen LogP contribution in [-0.2, 0) is 16.1 Å². The van der Waals surface area contributed by atoms with Crippen LogP contribution in [0.1, 0.15) is 35.2 Å². The molecule has 4 rings (SSSR count). The van der Waals surface area contributed by atoms with E-state index in [-0.39, 0.29) is 29.4 Å². The van der Waals surface area contributed by atoms with Gasteiger partial charge < -0.3 is 29.3 Å². The zero-order valence-corrected chi connectivity index (χ0v) is 21.1. The number of aliphatic hydroxyl groups is 1. The first kappa shape index (κ1) is 25.6. The standard InChI is InChI=1S/C29H29NO7/c1-5-37-24-15-18(11-12-21(24)31)26-25(27(32)20-14-17(2)10-13-23(20)36-4)28(33)29(34)30(26)16-19-8-6-7-9-22(19)35-3/h6-15,26,31-32H,5,16H2,1-4H3/b27-25+. The number of ketones is 1. The molecule has 0 saturated carbocycles. The van der Waals surface area contributed by atoms with Crippen LogP contribution in [0.3, 0.4) is 0 Å². The second-order valence-electron chi connectivity index (χ2n) is 8.60. The van der Waals surface area contributed by atoms with Gasteiger partial charge in [-0.25, -0.2) is 0 Å². The number of nitrogens with zero attached hydrogens (tertiary/aromatic N) is 1. The molecule has 1 unspecified atom stereocenters. The molecule has 3 aromatic carbocycles. The Morgan fingerprint density at radius 2 is 1.68 bits per heavy atom. The average Bonchev–Trinajstić information content (AvgIpc) is 3.15. The van der Waals surface area contributed by atoms with Crippen molar-refractivity contribution in [2.75, 3.05) is 20.8 Å². The fourth-order valence-corrected chi connectivity index (χ4v) is 4.53. The normalized spacial score (nSPS) is 16.6. The van der Waals surface area contributed by atoms with Crippen molar-refractivity contribution < 1.29 is 34.0 Å². The highest BCUT2D eigenvalue weighted by Crippen LogP contribution is 2.44. The molecule has 2 N–H and O–H groups in total. The zero-order chi connectivity index (χ0) is 26.7. The Morgan fingerprint density at radius 3 is 2.38 bits per heavy atom. The van der Waals surface area contributed by atoms with Gasteiger partial charge in [-0.1, -0.05) is 35.9 Å². The lowest BCUT2D eigenvalue weighted by molar-refractivity contribution is -0.140. The fraction of sp³-hybridized carbons (Fsp3) is 0.241. The number of amides is 1. The second-order valence-corrected chi connectivity index (χ2v) is 8.60. The van der Waals surface area contributed by atoms with Crippen LogP contribution in [0.2, 0.25) is 0 Å². The van der Waals surface area contributed by atoms with Crippen molar-refractivity contribution >= 4 is 17.4 Å². The van der Waals surface area contributed by atoms with Gasteiger partial charge in [0.05, 0.1) is 44.5 Å². The van der Waals surface area contributed by atoms with Gasteiger partial charge in [-0.2, -0.15) is 0 Å². The number of carbonyl (C=O) groups excluding carboxylic acids is 2. The van der Waals surface area contributed by atoms with E-state index in [1.54, 1.807) is 43.3 Å². The molecule has 1 fully saturated rings. The van der Waals surface area contributed by atoms with Gasteiger partial charge in [0.2, 0.25) is 0 Å². The number of carbonyl (C=O) groups is 2. The first-order valence-corrected chi connectivity index (χ1v) is 11.8. The van der Waals surface area contributed by atoms with Crippen molar-refractivity contribution in [2.24, 2.45) is 0 Å². The molecule has 8 nitrogen and oxygen atoms in total. The number of hydrogen-bond acceptors (Lipinski definition) is 7. The first-order valence-electron chi connectivity index (χ1n) is 11.8. The molecule has 1 saturated heterocycles. The highest BCUT2D eigenvalue weighted by atomic mass is 16.5. The smallest absolute Gasteiger partial charge is 0.295 e. The molecule has 1 aliphatic heterocycles. The van der Waals surface area contributed by atoms with Gasteiger partial charge in [0.1, 0.15) is 17.3 Å². The number of likely N-dealkylation sites (tertiary alicyclic amines) is 1. The highest BCUT2D eigenvalue weighted by Gasteiger charge is 2.46. The quantitative estimate of drug-likeness (QED) is 0.260. The van der Waals surface area contributed by atoms with E-state index in [1.165, 1.54) is 25.2 Å². The van der Waals surface area contributed by atoms with Crippen LogP contribution in [0, 0.1) is 6.92 Å². The SMILES string of the molecule is CCOc1cc(C2/C(=C(\O)c3cc(C)ccc3OC)C(=O)C(=O)N2Cc2ccccc2OC)ccc1O. The molecule has 0 aromatic heterocycles. The maximum Gasteiger partial charge on any atom is 0.295 e. The summed E-state index contributed by atoms with van der Waals surface area (Å²) in [5.41, 5.74) is 2.23. The predicted octanol–water partition coefficient (Wildman–Crippen LogP) is 4.74. The van der Waals surface area contributed by atoms with Crippen molar-refractivity contribution in [3.05, 3.63) is 88.5 Å². The molecule has 1 aliphatic rings. The summed E-state index contributed by atoms with van der Waals surface area (Å²) in [5.74, 6) is -0.897. The van der Waals surface area contributed by atoms with Gasteiger partial charge in [0.15, 0.2) is 11.5 Å². The Kier molecular flexibility index (Phi) is 7.38. The number of benzene rings is 3. The lowest BCUT2D eigenvalue weighted by Crippen LogP contribution is -2.29. The minimum absolute atomic E-state index is 0.0475. The molecule has 192 valence electrons. The van der Waals surface area contributed by atoms with Gasteiger partial charge in [-0.3, -0.25) is 9.59 Å². The van der Waals surface area contributed by atoms with Gasteiger partial charge >= 0.3 is 0 Å². The van der Waals surface area contributed by atoms with Gasteiger partial charge in [-0.15, -0.1) is 0 Å². The summed E-state index contributed by atoms with van der Waals surface area (Å²) in [7, 11) is 3.00. The van der Waals surface area contributed by atoms with Crippen molar-refractivity contribution in [1.82, 2.24) is 4.90 Å². The van der Waals surface area contributed by atoms with E-state index in [2.05, 4.69) is 0 Å². The summed E-state index contributed by atoms with van der Waals surface area (Å²) in [6.07, 6.45) is 0. The molecular weight excluding hydrogens is 474 g/mol. The van der Waals surface area contributed by atoms with Crippen LogP contribution < -0.4 is 14.2 Å². The minimum Gasteiger partial charge on any atom is -0.507 e. The fourth-order valence-electron chi connectivity index (χ4n) is 4.53. The molecule has 1 amide bonds. The van der Waals surface area contributed by atoms with Gasteiger partial charge in [0, 0.05) is 5.56 Å². The number of aliphatic hydroxyl groups excluding tert-OH is 1. The van der Waals surface area contributed by atoms with Crippen LogP contribution in [0.4, 0.5) is 0 Å². The first-order chi connectivity index (χ1) is 17.8. The lowest BCUT2D eigenvalue weighted by Gasteiger charge is -2.26. The number of aryl methyl sites for hydroxylation is 1. The number of phenolic OH excluding ortho intramolecular Hbond substituents is 1. The topological polar surface area (TPSA) is 106 Å². The Bertz CT molecular complexity index is 1380. The van der Waals surface area contributed by atoms with E-state index in [9.17, 15) is 19.8 Å². The molecular formula is C29H29NO7. The number of rotatable bonds is 8. The minimum atomic E-state index is -0.963. The zero-order valence-electron chi connectivity index (χ0n) is 21.1. The van der Waals surface area contributed by atoms with Crippen molar-refractivity contribution in [1.29, 1.82) is 0 Å². The van der Waals surface area contributed by atoms with Crippen molar-refractivity contribution in [3.63, 3.8) is 0 Å². The number of aromatic hydroxyl groups is 1. The molecule has 8 heteroatoms. The highest BCUT2D eigenvalue weighted by molar-refractivity contribution is 6.46. The molecule has 0 radical (unpaired) electrons. The van der Waals surface area contributed by atoms with Crippen LogP contribution in [-0.4, -0.2) is 47.6 Å². The Morgan fingerprint density at radius 1 is 0.946 bits per heavy atom. The van der Waals surface area contributed by atoms with Gasteiger partial charge in [0.25, 0.3) is 11.7 Å². The number of phenols is 1. The van der Waals surface area contributed by atoms with Crippen LogP contribution in [0.5, 0.6) is 23.0 Å². The molecule has 0 bridgehead atoms. The summed E-state index contributed by atoms with van der Waals surface area (Å²) in [6.45, 7) is 3.98. The summed E-state index contributed by atoms with van der Waals surface area (Å²) >= 11 is 0. The third kappa shape index (κ3) is 4.82. The summed E-state index contributed by atoms with van der Waals surface area (Å²) in [4.78, 5) is 28.3. The van der Waals surface area contributed by atoms with Crippen LogP contribution >= 0.6 is 0 Å². The molecule has 37 heavy (non-hydrogen) atoms. The number of hydrogen-bond donors (Lipinski definition) is 2. The predicted molar refractivity (Wildman–Crippen MR) is 138 cm³/mol. The van der Waals surface area contributed by atoms with E-state index in [1.807, 2.05) is 25.1 Å². The summed E-state index contributed by atoms with van der Waals surface area (Å²) in [5, 5.41) is 21.8.